The average molecular weight is 349 g/mol. The van der Waals surface area contributed by atoms with Gasteiger partial charge in [-0.2, -0.15) is 11.8 Å². The van der Waals surface area contributed by atoms with E-state index < -0.39 is 0 Å². The van der Waals surface area contributed by atoms with E-state index in [9.17, 15) is 0 Å². The minimum Gasteiger partial charge on any atom is -0.352 e. The van der Waals surface area contributed by atoms with E-state index in [2.05, 4.69) is 77.0 Å². The van der Waals surface area contributed by atoms with Crippen molar-refractivity contribution in [1.29, 1.82) is 0 Å². The molecule has 4 nitrogen and oxygen atoms in total. The van der Waals surface area contributed by atoms with Gasteiger partial charge in [-0.15, -0.1) is 0 Å². The van der Waals surface area contributed by atoms with E-state index in [4.69, 9.17) is 0 Å². The highest BCUT2D eigenvalue weighted by Gasteiger charge is 2.21. The van der Waals surface area contributed by atoms with E-state index in [-0.39, 0.29) is 0 Å². The minimum absolute atomic E-state index is 0.727. The van der Waals surface area contributed by atoms with Gasteiger partial charge in [-0.3, -0.25) is 4.99 Å². The van der Waals surface area contributed by atoms with E-state index in [0.29, 0.717) is 0 Å². The molecule has 1 unspecified atom stereocenters. The fraction of sp³-hybridized carbons (Fsp3) is 0.632. The van der Waals surface area contributed by atoms with Crippen LogP contribution in [0.5, 0.6) is 0 Å². The molecule has 1 fully saturated rings. The Balaban J connectivity index is 1.92. The second-order valence-electron chi connectivity index (χ2n) is 6.40. The van der Waals surface area contributed by atoms with Crippen LogP contribution in [0.15, 0.2) is 29.3 Å². The molecule has 24 heavy (non-hydrogen) atoms. The van der Waals surface area contributed by atoms with E-state index in [1.807, 2.05) is 7.05 Å². The number of hydrogen-bond acceptors (Lipinski definition) is 3. The van der Waals surface area contributed by atoms with Crippen LogP contribution >= 0.6 is 11.8 Å². The molecule has 1 aliphatic heterocycles. The summed E-state index contributed by atoms with van der Waals surface area (Å²) >= 11 is 2.09. The van der Waals surface area contributed by atoms with Crippen molar-refractivity contribution in [2.45, 2.75) is 38.6 Å². The summed E-state index contributed by atoms with van der Waals surface area (Å²) in [6.07, 6.45) is 1.23. The number of rotatable bonds is 6. The number of thioether (sulfide) groups is 1. The first-order valence-corrected chi connectivity index (χ1v) is 10.0. The van der Waals surface area contributed by atoms with Crippen molar-refractivity contribution in [3.8, 4) is 0 Å². The van der Waals surface area contributed by atoms with Gasteiger partial charge in [0.1, 0.15) is 0 Å². The van der Waals surface area contributed by atoms with E-state index >= 15 is 0 Å². The van der Waals surface area contributed by atoms with Gasteiger partial charge in [-0.1, -0.05) is 38.1 Å². The molecule has 0 amide bonds. The molecular weight excluding hydrogens is 316 g/mol. The Labute approximate surface area is 151 Å². The van der Waals surface area contributed by atoms with Gasteiger partial charge in [-0.05, 0) is 31.1 Å². The van der Waals surface area contributed by atoms with Gasteiger partial charge in [0.05, 0.1) is 0 Å². The number of nitrogens with zero attached hydrogens (tertiary/aromatic N) is 3. The van der Waals surface area contributed by atoms with Gasteiger partial charge in [0.2, 0.25) is 0 Å². The Morgan fingerprint density at radius 2 is 2.17 bits per heavy atom. The van der Waals surface area contributed by atoms with Gasteiger partial charge in [0, 0.05) is 44.2 Å². The number of benzene rings is 1. The maximum atomic E-state index is 4.49. The van der Waals surface area contributed by atoms with Gasteiger partial charge in [-0.25, -0.2) is 0 Å². The molecule has 0 bridgehead atoms. The monoisotopic (exact) mass is 348 g/mol. The maximum Gasteiger partial charge on any atom is 0.193 e. The van der Waals surface area contributed by atoms with Crippen molar-refractivity contribution in [3.05, 3.63) is 35.4 Å². The van der Waals surface area contributed by atoms with Crippen LogP contribution in [0.1, 0.15) is 31.4 Å². The Kier molecular flexibility index (Phi) is 7.92. The molecule has 0 spiro atoms. The first-order valence-electron chi connectivity index (χ1n) is 8.99. The SMILES string of the molecule is CCC1CN(C(=NC)NCc2cccc(CN(C)CC)c2)CCS1. The molecule has 1 aromatic carbocycles. The van der Waals surface area contributed by atoms with Crippen molar-refractivity contribution in [2.24, 2.45) is 4.99 Å². The fourth-order valence-corrected chi connectivity index (χ4v) is 4.11. The molecule has 0 aliphatic carbocycles. The standard InChI is InChI=1S/C19H32N4S/c1-5-18-15-23(10-11-24-18)19(20-3)21-13-16-8-7-9-17(12-16)14-22(4)6-2/h7-9,12,18H,5-6,10-11,13-15H2,1-4H3,(H,20,21). The molecule has 5 heteroatoms. The smallest absolute Gasteiger partial charge is 0.193 e. The Morgan fingerprint density at radius 1 is 1.38 bits per heavy atom. The highest BCUT2D eigenvalue weighted by atomic mass is 32.2. The Morgan fingerprint density at radius 3 is 2.88 bits per heavy atom. The average Bonchev–Trinajstić information content (AvgIpc) is 2.62. The zero-order valence-electron chi connectivity index (χ0n) is 15.6. The zero-order valence-corrected chi connectivity index (χ0v) is 16.4. The van der Waals surface area contributed by atoms with Crippen LogP contribution in [-0.2, 0) is 13.1 Å². The molecule has 0 radical (unpaired) electrons. The van der Waals surface area contributed by atoms with Crippen molar-refractivity contribution < 1.29 is 0 Å². The minimum atomic E-state index is 0.727. The van der Waals surface area contributed by atoms with Crippen LogP contribution in [0.4, 0.5) is 0 Å². The topological polar surface area (TPSA) is 30.9 Å². The third-order valence-electron chi connectivity index (χ3n) is 4.54. The third-order valence-corrected chi connectivity index (χ3v) is 5.91. The van der Waals surface area contributed by atoms with Crippen molar-refractivity contribution in [1.82, 2.24) is 15.1 Å². The predicted octanol–water partition coefficient (Wildman–Crippen LogP) is 3.04. The first kappa shape index (κ1) is 19.1. The summed E-state index contributed by atoms with van der Waals surface area (Å²) in [4.78, 5) is 9.22. The van der Waals surface area contributed by atoms with Gasteiger partial charge in [0.25, 0.3) is 0 Å². The lowest BCUT2D eigenvalue weighted by molar-refractivity contribution is 0.345. The second-order valence-corrected chi connectivity index (χ2v) is 7.81. The molecule has 1 aromatic rings. The Bertz CT molecular complexity index is 532. The zero-order chi connectivity index (χ0) is 17.4. The molecule has 1 N–H and O–H groups in total. The van der Waals surface area contributed by atoms with Crippen LogP contribution in [-0.4, -0.2) is 60.5 Å². The predicted molar refractivity (Wildman–Crippen MR) is 107 cm³/mol. The van der Waals surface area contributed by atoms with E-state index in [1.165, 1.54) is 23.3 Å². The summed E-state index contributed by atoms with van der Waals surface area (Å²) in [6.45, 7) is 9.55. The normalized spacial score (nSPS) is 19.0. The summed E-state index contributed by atoms with van der Waals surface area (Å²) in [5.41, 5.74) is 2.69. The molecular formula is C19H32N4S. The molecule has 1 atom stereocenters. The van der Waals surface area contributed by atoms with Gasteiger partial charge < -0.3 is 15.1 Å². The highest BCUT2D eigenvalue weighted by molar-refractivity contribution is 8.00. The summed E-state index contributed by atoms with van der Waals surface area (Å²) < 4.78 is 0. The molecule has 1 aliphatic rings. The molecule has 1 heterocycles. The summed E-state index contributed by atoms with van der Waals surface area (Å²) in [7, 11) is 4.04. The fourth-order valence-electron chi connectivity index (χ4n) is 2.93. The van der Waals surface area contributed by atoms with Gasteiger partial charge in [0.15, 0.2) is 5.96 Å². The van der Waals surface area contributed by atoms with Gasteiger partial charge >= 0.3 is 0 Å². The molecule has 0 aromatic heterocycles. The third kappa shape index (κ3) is 5.71. The van der Waals surface area contributed by atoms with Crippen LogP contribution < -0.4 is 5.32 Å². The van der Waals surface area contributed by atoms with Crippen LogP contribution in [0.2, 0.25) is 0 Å². The number of nitrogens with one attached hydrogen (secondary N) is 1. The lowest BCUT2D eigenvalue weighted by Crippen LogP contribution is -2.47. The van der Waals surface area contributed by atoms with Crippen LogP contribution in [0.25, 0.3) is 0 Å². The lowest BCUT2D eigenvalue weighted by atomic mass is 10.1. The number of aliphatic imine (C=N–C) groups is 1. The number of hydrogen-bond donors (Lipinski definition) is 1. The summed E-state index contributed by atoms with van der Waals surface area (Å²) in [5.74, 6) is 2.22. The quantitative estimate of drug-likeness (QED) is 0.632. The Hall–Kier alpha value is -1.20. The molecule has 2 rings (SSSR count). The molecule has 0 saturated carbocycles. The highest BCUT2D eigenvalue weighted by Crippen LogP contribution is 2.21. The second kappa shape index (κ2) is 9.94. The maximum absolute atomic E-state index is 4.49. The van der Waals surface area contributed by atoms with E-state index in [1.54, 1.807) is 0 Å². The summed E-state index contributed by atoms with van der Waals surface area (Å²) in [6, 6.07) is 8.85. The van der Waals surface area contributed by atoms with Crippen molar-refractivity contribution in [2.75, 3.05) is 39.5 Å². The van der Waals surface area contributed by atoms with Crippen LogP contribution in [0, 0.1) is 0 Å². The largest absolute Gasteiger partial charge is 0.352 e. The summed E-state index contributed by atoms with van der Waals surface area (Å²) in [5, 5.41) is 4.27. The first-order chi connectivity index (χ1) is 11.7. The van der Waals surface area contributed by atoms with Crippen molar-refractivity contribution >= 4 is 17.7 Å². The van der Waals surface area contributed by atoms with Crippen LogP contribution in [0.3, 0.4) is 0 Å². The van der Waals surface area contributed by atoms with E-state index in [0.717, 1.165) is 43.9 Å². The lowest BCUT2D eigenvalue weighted by Gasteiger charge is -2.34. The number of guanidine groups is 1. The molecule has 134 valence electrons. The van der Waals surface area contributed by atoms with Crippen molar-refractivity contribution in [3.63, 3.8) is 0 Å². The molecule has 1 saturated heterocycles.